The van der Waals surface area contributed by atoms with E-state index in [1.807, 2.05) is 24.3 Å². The van der Waals surface area contributed by atoms with Crippen molar-refractivity contribution in [2.24, 2.45) is 0 Å². The summed E-state index contributed by atoms with van der Waals surface area (Å²) < 4.78 is 11.2. The van der Waals surface area contributed by atoms with Crippen LogP contribution in [0, 0.1) is 0 Å². The Bertz CT molecular complexity index is 1140. The molecule has 156 valence electrons. The molecule has 7 nitrogen and oxygen atoms in total. The zero-order chi connectivity index (χ0) is 20.7. The molecule has 2 fully saturated rings. The van der Waals surface area contributed by atoms with Crippen molar-refractivity contribution >= 4 is 16.7 Å². The molecule has 3 heterocycles. The predicted octanol–water partition coefficient (Wildman–Crippen LogP) is 3.28. The maximum Gasteiger partial charge on any atom is 0.347 e. The molecule has 2 aliphatic rings. The molecule has 0 bridgehead atoms. The minimum absolute atomic E-state index is 0.309. The van der Waals surface area contributed by atoms with E-state index in [0.29, 0.717) is 22.7 Å². The Kier molecular flexibility index (Phi) is 4.90. The quantitative estimate of drug-likeness (QED) is 0.658. The van der Waals surface area contributed by atoms with Gasteiger partial charge >= 0.3 is 5.63 Å². The van der Waals surface area contributed by atoms with E-state index in [4.69, 9.17) is 14.1 Å². The third-order valence-corrected chi connectivity index (χ3v) is 6.03. The Balaban J connectivity index is 1.63. The van der Waals surface area contributed by atoms with Gasteiger partial charge in [0.1, 0.15) is 11.6 Å². The minimum Gasteiger partial charge on any atom is -0.497 e. The molecule has 0 spiro atoms. The number of ether oxygens (including phenoxy) is 1. The lowest BCUT2D eigenvalue weighted by Gasteiger charge is -2.23. The van der Waals surface area contributed by atoms with Gasteiger partial charge < -0.3 is 19.0 Å². The van der Waals surface area contributed by atoms with E-state index >= 15 is 0 Å². The topological polar surface area (TPSA) is 71.7 Å². The highest BCUT2D eigenvalue weighted by atomic mass is 16.5. The first-order chi connectivity index (χ1) is 14.6. The lowest BCUT2D eigenvalue weighted by molar-refractivity contribution is 0.360. The minimum atomic E-state index is -0.343. The molecule has 2 aromatic heterocycles. The third-order valence-electron chi connectivity index (χ3n) is 6.03. The van der Waals surface area contributed by atoms with E-state index in [2.05, 4.69) is 21.8 Å². The first-order valence-electron chi connectivity index (χ1n) is 10.6. The third kappa shape index (κ3) is 3.54. The molecule has 0 N–H and O–H groups in total. The van der Waals surface area contributed by atoms with Gasteiger partial charge in [-0.25, -0.2) is 14.8 Å². The van der Waals surface area contributed by atoms with Crippen LogP contribution in [-0.4, -0.2) is 55.2 Å². The van der Waals surface area contributed by atoms with Crippen LogP contribution in [0.5, 0.6) is 5.75 Å². The van der Waals surface area contributed by atoms with Crippen molar-refractivity contribution in [3.8, 4) is 17.2 Å². The number of nitrogens with zero attached hydrogens (tertiary/aromatic N) is 4. The maximum absolute atomic E-state index is 13.0. The van der Waals surface area contributed by atoms with Crippen molar-refractivity contribution in [1.82, 2.24) is 14.9 Å². The highest BCUT2D eigenvalue weighted by Crippen LogP contribution is 2.44. The monoisotopic (exact) mass is 406 g/mol. The lowest BCUT2D eigenvalue weighted by Crippen LogP contribution is -2.29. The number of hydrogen-bond acceptors (Lipinski definition) is 7. The van der Waals surface area contributed by atoms with Gasteiger partial charge in [0.05, 0.1) is 23.6 Å². The van der Waals surface area contributed by atoms with E-state index in [9.17, 15) is 4.79 Å². The number of methoxy groups -OCH3 is 1. The van der Waals surface area contributed by atoms with Crippen LogP contribution < -0.4 is 15.3 Å². The fraction of sp³-hybridized carbons (Fsp3) is 0.435. The van der Waals surface area contributed by atoms with Gasteiger partial charge in [0.2, 0.25) is 5.89 Å². The molecule has 7 heteroatoms. The number of benzene rings is 1. The van der Waals surface area contributed by atoms with Crippen LogP contribution in [0.2, 0.25) is 0 Å². The normalized spacial score (nSPS) is 17.9. The Labute approximate surface area is 175 Å². The van der Waals surface area contributed by atoms with Gasteiger partial charge in [0, 0.05) is 31.9 Å². The van der Waals surface area contributed by atoms with Crippen LogP contribution in [0.15, 0.2) is 39.7 Å². The zero-order valence-corrected chi connectivity index (χ0v) is 17.4. The fourth-order valence-electron chi connectivity index (χ4n) is 4.23. The molecule has 1 saturated heterocycles. The SMILES string of the molecule is COc1cc(C2CC2)c2c(=O)oc(-c3cccnc3N3CCCN(C)CC3)nc2c1. The molecular formula is C23H26N4O3. The Morgan fingerprint density at radius 1 is 1.17 bits per heavy atom. The molecule has 1 saturated carbocycles. The molecule has 0 amide bonds. The second-order valence-electron chi connectivity index (χ2n) is 8.21. The van der Waals surface area contributed by atoms with Gasteiger partial charge in [0.25, 0.3) is 0 Å². The van der Waals surface area contributed by atoms with E-state index in [0.717, 1.165) is 68.1 Å². The number of rotatable bonds is 4. The molecule has 1 aromatic carbocycles. The molecule has 1 aliphatic heterocycles. The molecule has 0 unspecified atom stereocenters. The van der Waals surface area contributed by atoms with E-state index in [1.165, 1.54) is 0 Å². The van der Waals surface area contributed by atoms with Crippen molar-refractivity contribution in [3.05, 3.63) is 46.4 Å². The first kappa shape index (κ1) is 19.1. The van der Waals surface area contributed by atoms with Crippen molar-refractivity contribution in [2.45, 2.75) is 25.2 Å². The summed E-state index contributed by atoms with van der Waals surface area (Å²) in [5, 5.41) is 0.573. The van der Waals surface area contributed by atoms with Crippen molar-refractivity contribution in [2.75, 3.05) is 45.2 Å². The Hall–Kier alpha value is -2.93. The van der Waals surface area contributed by atoms with E-state index < -0.39 is 0 Å². The summed E-state index contributed by atoms with van der Waals surface area (Å²) in [5.74, 6) is 2.23. The number of likely N-dealkylation sites (N-methyl/N-ethyl adjacent to an activating group) is 1. The number of pyridine rings is 1. The molecule has 3 aromatic rings. The van der Waals surface area contributed by atoms with Crippen LogP contribution in [0.1, 0.15) is 30.7 Å². The van der Waals surface area contributed by atoms with Crippen LogP contribution in [0.3, 0.4) is 0 Å². The summed E-state index contributed by atoms with van der Waals surface area (Å²) in [7, 11) is 3.78. The summed E-state index contributed by atoms with van der Waals surface area (Å²) >= 11 is 0. The second kappa shape index (κ2) is 7.72. The molecule has 0 radical (unpaired) electrons. The predicted molar refractivity (Wildman–Crippen MR) is 116 cm³/mol. The van der Waals surface area contributed by atoms with Gasteiger partial charge in [-0.2, -0.15) is 0 Å². The number of aromatic nitrogens is 2. The van der Waals surface area contributed by atoms with Gasteiger partial charge in [-0.1, -0.05) is 0 Å². The Morgan fingerprint density at radius 2 is 2.03 bits per heavy atom. The summed E-state index contributed by atoms with van der Waals surface area (Å²) in [4.78, 5) is 27.0. The van der Waals surface area contributed by atoms with Gasteiger partial charge in [0.15, 0.2) is 0 Å². The fourth-order valence-corrected chi connectivity index (χ4v) is 4.23. The van der Waals surface area contributed by atoms with Crippen molar-refractivity contribution in [1.29, 1.82) is 0 Å². The summed E-state index contributed by atoms with van der Waals surface area (Å²) in [6.07, 6.45) is 5.00. The molecule has 1 aliphatic carbocycles. The molecule has 30 heavy (non-hydrogen) atoms. The van der Waals surface area contributed by atoms with Gasteiger partial charge in [-0.15, -0.1) is 0 Å². The average Bonchev–Trinajstić information content (AvgIpc) is 3.61. The highest BCUT2D eigenvalue weighted by Gasteiger charge is 2.29. The summed E-state index contributed by atoms with van der Waals surface area (Å²) in [6.45, 7) is 3.81. The second-order valence-corrected chi connectivity index (χ2v) is 8.21. The van der Waals surface area contributed by atoms with Gasteiger partial charge in [-0.3, -0.25) is 0 Å². The molecular weight excluding hydrogens is 380 g/mol. The molecule has 5 rings (SSSR count). The number of fused-ring (bicyclic) bond motifs is 1. The standard InChI is InChI=1S/C23H26N4O3/c1-26-9-4-10-27(12-11-26)21-17(5-3-8-24-21)22-25-19-14-16(29-2)13-18(15-6-7-15)20(19)23(28)30-22/h3,5,8,13-15H,4,6-7,9-12H2,1-2H3. The van der Waals surface area contributed by atoms with Crippen LogP contribution in [-0.2, 0) is 0 Å². The van der Waals surface area contributed by atoms with E-state index in [-0.39, 0.29) is 5.63 Å². The summed E-state index contributed by atoms with van der Waals surface area (Å²) in [5.41, 5.74) is 2.01. The van der Waals surface area contributed by atoms with Crippen LogP contribution >= 0.6 is 0 Å². The van der Waals surface area contributed by atoms with Crippen molar-refractivity contribution in [3.63, 3.8) is 0 Å². The highest BCUT2D eigenvalue weighted by molar-refractivity contribution is 5.85. The largest absolute Gasteiger partial charge is 0.497 e. The maximum atomic E-state index is 13.0. The van der Waals surface area contributed by atoms with Crippen LogP contribution in [0.25, 0.3) is 22.4 Å². The van der Waals surface area contributed by atoms with Crippen molar-refractivity contribution < 1.29 is 9.15 Å². The zero-order valence-electron chi connectivity index (χ0n) is 17.4. The van der Waals surface area contributed by atoms with Crippen LogP contribution in [0.4, 0.5) is 5.82 Å². The van der Waals surface area contributed by atoms with E-state index in [1.54, 1.807) is 13.3 Å². The number of anilines is 1. The number of hydrogen-bond donors (Lipinski definition) is 0. The summed E-state index contributed by atoms with van der Waals surface area (Å²) in [6, 6.07) is 7.55. The molecule has 0 atom stereocenters. The Morgan fingerprint density at radius 3 is 2.83 bits per heavy atom. The average molecular weight is 406 g/mol. The lowest BCUT2D eigenvalue weighted by atomic mass is 10.0. The smallest absolute Gasteiger partial charge is 0.347 e. The first-order valence-corrected chi connectivity index (χ1v) is 10.6. The van der Waals surface area contributed by atoms with Gasteiger partial charge in [-0.05, 0) is 62.5 Å².